The standard InChI is InChI=1S/C18H29BrO/c1-7-14-8-9-17(16(10-14)18(4,5)6)20-12-15(11-19)13(2)3/h8-10,13,15H,7,11-12H2,1-6H3. The van der Waals surface area contributed by atoms with Crippen molar-refractivity contribution in [2.45, 2.75) is 53.4 Å². The van der Waals surface area contributed by atoms with Crippen molar-refractivity contribution in [2.75, 3.05) is 11.9 Å². The fourth-order valence-corrected chi connectivity index (χ4v) is 3.06. The molecule has 1 rings (SSSR count). The number of rotatable bonds is 6. The average Bonchev–Trinajstić information content (AvgIpc) is 2.38. The third-order valence-corrected chi connectivity index (χ3v) is 4.69. The lowest BCUT2D eigenvalue weighted by molar-refractivity contribution is 0.223. The van der Waals surface area contributed by atoms with E-state index in [4.69, 9.17) is 4.74 Å². The molecule has 0 aliphatic carbocycles. The van der Waals surface area contributed by atoms with Crippen LogP contribution in [-0.2, 0) is 11.8 Å². The molecule has 0 bridgehead atoms. The summed E-state index contributed by atoms with van der Waals surface area (Å²) in [7, 11) is 0. The zero-order valence-corrected chi connectivity index (χ0v) is 15.4. The van der Waals surface area contributed by atoms with E-state index >= 15 is 0 Å². The smallest absolute Gasteiger partial charge is 0.123 e. The van der Waals surface area contributed by atoms with Crippen LogP contribution in [0.15, 0.2) is 18.2 Å². The first-order chi connectivity index (χ1) is 9.29. The fourth-order valence-electron chi connectivity index (χ4n) is 2.12. The molecule has 0 heterocycles. The second-order valence-corrected chi connectivity index (χ2v) is 7.55. The van der Waals surface area contributed by atoms with E-state index in [0.29, 0.717) is 11.8 Å². The molecule has 0 radical (unpaired) electrons. The van der Waals surface area contributed by atoms with Gasteiger partial charge in [-0.15, -0.1) is 0 Å². The van der Waals surface area contributed by atoms with Crippen LogP contribution >= 0.6 is 15.9 Å². The fraction of sp³-hybridized carbons (Fsp3) is 0.667. The van der Waals surface area contributed by atoms with Gasteiger partial charge in [0.1, 0.15) is 5.75 Å². The third kappa shape index (κ3) is 4.80. The van der Waals surface area contributed by atoms with Gasteiger partial charge in [-0.2, -0.15) is 0 Å². The number of halogens is 1. The van der Waals surface area contributed by atoms with Crippen molar-refractivity contribution in [3.8, 4) is 5.75 Å². The maximum atomic E-state index is 6.15. The first kappa shape index (κ1) is 17.6. The predicted molar refractivity (Wildman–Crippen MR) is 92.1 cm³/mol. The van der Waals surface area contributed by atoms with Crippen molar-refractivity contribution in [3.63, 3.8) is 0 Å². The third-order valence-electron chi connectivity index (χ3n) is 3.85. The number of alkyl halides is 1. The van der Waals surface area contributed by atoms with Crippen LogP contribution in [0.4, 0.5) is 0 Å². The summed E-state index contributed by atoms with van der Waals surface area (Å²) in [5.74, 6) is 2.22. The molecular weight excluding hydrogens is 312 g/mol. The van der Waals surface area contributed by atoms with Crippen LogP contribution < -0.4 is 4.74 Å². The molecule has 114 valence electrons. The Morgan fingerprint density at radius 2 is 1.85 bits per heavy atom. The molecule has 0 amide bonds. The van der Waals surface area contributed by atoms with Gasteiger partial charge in [0, 0.05) is 11.2 Å². The van der Waals surface area contributed by atoms with Crippen LogP contribution in [0.1, 0.15) is 52.7 Å². The molecule has 0 aliphatic heterocycles. The van der Waals surface area contributed by atoms with Crippen molar-refractivity contribution in [1.29, 1.82) is 0 Å². The number of hydrogen-bond donors (Lipinski definition) is 0. The quantitative estimate of drug-likeness (QED) is 0.613. The minimum atomic E-state index is 0.113. The molecule has 1 aromatic carbocycles. The Labute approximate surface area is 133 Å². The van der Waals surface area contributed by atoms with Crippen molar-refractivity contribution in [2.24, 2.45) is 11.8 Å². The predicted octanol–water partition coefficient (Wildman–Crippen LogP) is 5.59. The van der Waals surface area contributed by atoms with Gasteiger partial charge in [0.15, 0.2) is 0 Å². The first-order valence-electron chi connectivity index (χ1n) is 7.61. The van der Waals surface area contributed by atoms with Crippen molar-refractivity contribution in [1.82, 2.24) is 0 Å². The molecule has 0 saturated carbocycles. The van der Waals surface area contributed by atoms with Gasteiger partial charge in [0.25, 0.3) is 0 Å². The molecule has 0 fully saturated rings. The van der Waals surface area contributed by atoms with E-state index in [1.807, 2.05) is 0 Å². The molecule has 1 nitrogen and oxygen atoms in total. The van der Waals surface area contributed by atoms with Crippen LogP contribution in [0.5, 0.6) is 5.75 Å². The van der Waals surface area contributed by atoms with E-state index in [9.17, 15) is 0 Å². The van der Waals surface area contributed by atoms with Gasteiger partial charge in [0.2, 0.25) is 0 Å². The lowest BCUT2D eigenvalue weighted by atomic mass is 9.85. The summed E-state index contributed by atoms with van der Waals surface area (Å²) in [6.45, 7) is 14.2. The largest absolute Gasteiger partial charge is 0.493 e. The van der Waals surface area contributed by atoms with Crippen LogP contribution in [0.2, 0.25) is 0 Å². The second kappa shape index (κ2) is 7.49. The first-order valence-corrected chi connectivity index (χ1v) is 8.73. The summed E-state index contributed by atoms with van der Waals surface area (Å²) in [5.41, 5.74) is 2.81. The van der Waals surface area contributed by atoms with Gasteiger partial charge < -0.3 is 4.74 Å². The number of hydrogen-bond acceptors (Lipinski definition) is 1. The Balaban J connectivity index is 2.94. The van der Waals surface area contributed by atoms with Crippen LogP contribution in [0, 0.1) is 11.8 Å². The molecule has 1 unspecified atom stereocenters. The minimum Gasteiger partial charge on any atom is -0.493 e. The summed E-state index contributed by atoms with van der Waals surface area (Å²) in [6.07, 6.45) is 1.07. The van der Waals surface area contributed by atoms with E-state index < -0.39 is 0 Å². The molecule has 0 N–H and O–H groups in total. The minimum absolute atomic E-state index is 0.113. The molecule has 0 aliphatic rings. The normalized spacial score (nSPS) is 13.6. The molecule has 0 aromatic heterocycles. The molecular formula is C18H29BrO. The number of aryl methyl sites for hydroxylation is 1. The Morgan fingerprint density at radius 3 is 2.30 bits per heavy atom. The Morgan fingerprint density at radius 1 is 1.20 bits per heavy atom. The molecule has 0 saturated heterocycles. The Kier molecular flexibility index (Phi) is 6.57. The molecule has 2 heteroatoms. The highest BCUT2D eigenvalue weighted by molar-refractivity contribution is 9.09. The summed E-state index contributed by atoms with van der Waals surface area (Å²) in [6, 6.07) is 6.63. The second-order valence-electron chi connectivity index (χ2n) is 6.90. The van der Waals surface area contributed by atoms with Crippen LogP contribution in [0.3, 0.4) is 0 Å². The van der Waals surface area contributed by atoms with E-state index in [1.54, 1.807) is 0 Å². The van der Waals surface area contributed by atoms with Gasteiger partial charge in [-0.05, 0) is 34.9 Å². The number of ether oxygens (including phenoxy) is 1. The van der Waals surface area contributed by atoms with Crippen LogP contribution in [0.25, 0.3) is 0 Å². The van der Waals surface area contributed by atoms with Gasteiger partial charge in [-0.3, -0.25) is 0 Å². The van der Waals surface area contributed by atoms with E-state index in [0.717, 1.165) is 24.1 Å². The average molecular weight is 341 g/mol. The highest BCUT2D eigenvalue weighted by atomic mass is 79.9. The molecule has 1 atom stereocenters. The van der Waals surface area contributed by atoms with Gasteiger partial charge in [-0.25, -0.2) is 0 Å². The Bertz CT molecular complexity index is 418. The molecule has 0 spiro atoms. The van der Waals surface area contributed by atoms with E-state index in [2.05, 4.69) is 75.7 Å². The summed E-state index contributed by atoms with van der Waals surface area (Å²) in [4.78, 5) is 0. The van der Waals surface area contributed by atoms with Crippen molar-refractivity contribution >= 4 is 15.9 Å². The van der Waals surface area contributed by atoms with Gasteiger partial charge in [-0.1, -0.05) is 69.6 Å². The SMILES string of the molecule is CCc1ccc(OCC(CBr)C(C)C)c(C(C)(C)C)c1. The van der Waals surface area contributed by atoms with Gasteiger partial charge in [0.05, 0.1) is 6.61 Å². The molecule has 20 heavy (non-hydrogen) atoms. The highest BCUT2D eigenvalue weighted by Gasteiger charge is 2.21. The Hall–Kier alpha value is -0.500. The lowest BCUT2D eigenvalue weighted by Gasteiger charge is -2.25. The van der Waals surface area contributed by atoms with E-state index in [-0.39, 0.29) is 5.41 Å². The summed E-state index contributed by atoms with van der Waals surface area (Å²) >= 11 is 3.59. The van der Waals surface area contributed by atoms with Gasteiger partial charge >= 0.3 is 0 Å². The number of benzene rings is 1. The van der Waals surface area contributed by atoms with Crippen molar-refractivity contribution < 1.29 is 4.74 Å². The van der Waals surface area contributed by atoms with E-state index in [1.165, 1.54) is 11.1 Å². The van der Waals surface area contributed by atoms with Crippen LogP contribution in [-0.4, -0.2) is 11.9 Å². The zero-order valence-electron chi connectivity index (χ0n) is 13.8. The van der Waals surface area contributed by atoms with Crippen molar-refractivity contribution in [3.05, 3.63) is 29.3 Å². The topological polar surface area (TPSA) is 9.23 Å². The maximum absolute atomic E-state index is 6.15. The summed E-state index contributed by atoms with van der Waals surface area (Å²) < 4.78 is 6.15. The summed E-state index contributed by atoms with van der Waals surface area (Å²) in [5, 5.41) is 0.989. The zero-order chi connectivity index (χ0) is 15.3. The maximum Gasteiger partial charge on any atom is 0.123 e. The lowest BCUT2D eigenvalue weighted by Crippen LogP contribution is -2.21. The monoisotopic (exact) mass is 340 g/mol. The molecule has 1 aromatic rings. The highest BCUT2D eigenvalue weighted by Crippen LogP contribution is 2.33.